The maximum absolute atomic E-state index is 13.3. The highest BCUT2D eigenvalue weighted by molar-refractivity contribution is 6.34. The number of nitrogens with zero attached hydrogens (tertiary/aromatic N) is 1. The normalized spacial score (nSPS) is 18.9. The SMILES string of the molecule is COc1cc(OC)c(C2CCN(C)CC2O)c(O)c1C(=O)CC(=O)c1ccc(F)cc1Cl. The standard InChI is InChI=1S/C23H25ClFNO6/c1-26-7-6-14(18(29)11-26)21-19(31-2)10-20(32-3)22(23(21)30)17(28)9-16(27)13-5-4-12(25)8-15(13)24/h4-5,8,10,14,18,29-30H,6-7,9,11H2,1-3H3. The fourth-order valence-corrected chi connectivity index (χ4v) is 4.34. The molecular formula is C23H25ClFNO6. The molecule has 3 rings (SSSR count). The number of ketones is 2. The number of carbonyl (C=O) groups excluding carboxylic acids is 2. The van der Waals surface area contributed by atoms with Gasteiger partial charge in [-0.3, -0.25) is 9.59 Å². The number of rotatable bonds is 7. The molecule has 1 aliphatic heterocycles. The molecule has 172 valence electrons. The van der Waals surface area contributed by atoms with Crippen molar-refractivity contribution >= 4 is 23.2 Å². The topological polar surface area (TPSA) is 96.3 Å². The predicted octanol–water partition coefficient (Wildman–Crippen LogP) is 3.44. The Labute approximate surface area is 190 Å². The molecule has 9 heteroatoms. The van der Waals surface area contributed by atoms with Crippen molar-refractivity contribution in [2.24, 2.45) is 0 Å². The van der Waals surface area contributed by atoms with Gasteiger partial charge in [-0.2, -0.15) is 0 Å². The third-order valence-corrected chi connectivity index (χ3v) is 6.01. The molecule has 7 nitrogen and oxygen atoms in total. The number of aliphatic hydroxyl groups excluding tert-OH is 1. The van der Waals surface area contributed by atoms with Crippen LogP contribution in [0.25, 0.3) is 0 Å². The predicted molar refractivity (Wildman–Crippen MR) is 117 cm³/mol. The third kappa shape index (κ3) is 4.72. The van der Waals surface area contributed by atoms with Crippen molar-refractivity contribution < 1.29 is 33.7 Å². The van der Waals surface area contributed by atoms with E-state index >= 15 is 0 Å². The van der Waals surface area contributed by atoms with Gasteiger partial charge in [0.25, 0.3) is 0 Å². The van der Waals surface area contributed by atoms with Gasteiger partial charge in [-0.15, -0.1) is 0 Å². The van der Waals surface area contributed by atoms with Crippen LogP contribution in [0.2, 0.25) is 5.02 Å². The zero-order valence-corrected chi connectivity index (χ0v) is 18.8. The van der Waals surface area contributed by atoms with E-state index in [1.807, 2.05) is 11.9 Å². The van der Waals surface area contributed by atoms with Gasteiger partial charge in [-0.05, 0) is 38.2 Å². The van der Waals surface area contributed by atoms with Gasteiger partial charge in [0.05, 0.1) is 31.8 Å². The molecule has 32 heavy (non-hydrogen) atoms. The van der Waals surface area contributed by atoms with Gasteiger partial charge >= 0.3 is 0 Å². The lowest BCUT2D eigenvalue weighted by atomic mass is 9.84. The number of hydrogen-bond donors (Lipinski definition) is 2. The molecule has 2 N–H and O–H groups in total. The number of methoxy groups -OCH3 is 2. The molecular weight excluding hydrogens is 441 g/mol. The van der Waals surface area contributed by atoms with Gasteiger partial charge in [0.2, 0.25) is 0 Å². The number of aliphatic hydroxyl groups is 1. The van der Waals surface area contributed by atoms with Crippen molar-refractivity contribution in [2.75, 3.05) is 34.4 Å². The smallest absolute Gasteiger partial charge is 0.178 e. The molecule has 2 unspecified atom stereocenters. The maximum atomic E-state index is 13.3. The Kier molecular flexibility index (Phi) is 7.38. The summed E-state index contributed by atoms with van der Waals surface area (Å²) in [6.07, 6.45) is -0.868. The number of piperidine rings is 1. The van der Waals surface area contributed by atoms with Gasteiger partial charge in [0.1, 0.15) is 28.6 Å². The number of likely N-dealkylation sites (tertiary alicyclic amines) is 1. The Morgan fingerprint density at radius 3 is 2.47 bits per heavy atom. The van der Waals surface area contributed by atoms with Gasteiger partial charge in [0, 0.05) is 29.7 Å². The molecule has 0 saturated carbocycles. The first kappa shape index (κ1) is 24.0. The Morgan fingerprint density at radius 1 is 1.19 bits per heavy atom. The van der Waals surface area contributed by atoms with E-state index in [0.717, 1.165) is 12.1 Å². The Balaban J connectivity index is 2.01. The van der Waals surface area contributed by atoms with Crippen LogP contribution in [-0.4, -0.2) is 67.1 Å². The fourth-order valence-electron chi connectivity index (χ4n) is 4.07. The number of likely N-dealkylation sites (N-methyl/N-ethyl adjacent to an activating group) is 1. The molecule has 0 radical (unpaired) electrons. The van der Waals surface area contributed by atoms with E-state index in [1.54, 1.807) is 0 Å². The van der Waals surface area contributed by atoms with Crippen molar-refractivity contribution in [2.45, 2.75) is 24.9 Å². The summed E-state index contributed by atoms with van der Waals surface area (Å²) in [6, 6.07) is 4.74. The van der Waals surface area contributed by atoms with Crippen LogP contribution in [0.4, 0.5) is 4.39 Å². The summed E-state index contributed by atoms with van der Waals surface area (Å²) in [6.45, 7) is 1.07. The van der Waals surface area contributed by atoms with Crippen LogP contribution in [0.5, 0.6) is 17.2 Å². The van der Waals surface area contributed by atoms with Crippen molar-refractivity contribution in [1.82, 2.24) is 4.90 Å². The van der Waals surface area contributed by atoms with Crippen LogP contribution in [0.1, 0.15) is 45.0 Å². The molecule has 1 fully saturated rings. The molecule has 0 spiro atoms. The molecule has 1 aliphatic rings. The van der Waals surface area contributed by atoms with E-state index in [9.17, 15) is 24.2 Å². The molecule has 0 amide bonds. The summed E-state index contributed by atoms with van der Waals surface area (Å²) >= 11 is 5.94. The van der Waals surface area contributed by atoms with Crippen molar-refractivity contribution in [1.29, 1.82) is 0 Å². The van der Waals surface area contributed by atoms with Crippen LogP contribution >= 0.6 is 11.6 Å². The maximum Gasteiger partial charge on any atom is 0.178 e. The van der Waals surface area contributed by atoms with Gasteiger partial charge in [-0.1, -0.05) is 11.6 Å². The fraction of sp³-hybridized carbons (Fsp3) is 0.391. The van der Waals surface area contributed by atoms with E-state index in [2.05, 4.69) is 0 Å². The second-order valence-corrected chi connectivity index (χ2v) is 8.20. The monoisotopic (exact) mass is 465 g/mol. The van der Waals surface area contributed by atoms with Crippen LogP contribution in [0.15, 0.2) is 24.3 Å². The van der Waals surface area contributed by atoms with Crippen LogP contribution < -0.4 is 9.47 Å². The highest BCUT2D eigenvalue weighted by atomic mass is 35.5. The molecule has 2 aromatic rings. The number of phenolic OH excluding ortho intramolecular Hbond substituents is 1. The average Bonchev–Trinajstić information content (AvgIpc) is 2.73. The number of phenols is 1. The van der Waals surface area contributed by atoms with E-state index in [0.29, 0.717) is 25.1 Å². The number of hydrogen-bond acceptors (Lipinski definition) is 7. The minimum absolute atomic E-state index is 0.000603. The van der Waals surface area contributed by atoms with E-state index in [1.165, 1.54) is 26.4 Å². The van der Waals surface area contributed by atoms with Gasteiger partial charge in [0.15, 0.2) is 11.6 Å². The summed E-state index contributed by atoms with van der Waals surface area (Å²) in [5, 5.41) is 21.6. The van der Waals surface area contributed by atoms with Crippen LogP contribution in [0, 0.1) is 5.82 Å². The summed E-state index contributed by atoms with van der Waals surface area (Å²) < 4.78 is 24.0. The largest absolute Gasteiger partial charge is 0.507 e. The van der Waals surface area contributed by atoms with Crippen molar-refractivity contribution in [3.05, 3.63) is 51.8 Å². The first-order chi connectivity index (χ1) is 15.2. The number of halogens is 2. The Bertz CT molecular complexity index is 1040. The second kappa shape index (κ2) is 9.85. The number of Topliss-reactive ketones (excluding diaryl/α,β-unsaturated/α-hetero) is 2. The number of β-amino-alcohol motifs (C(OH)–C–C–N with tert-alkyl or cyclic N) is 1. The molecule has 0 aliphatic carbocycles. The first-order valence-corrected chi connectivity index (χ1v) is 10.4. The minimum atomic E-state index is -0.787. The lowest BCUT2D eigenvalue weighted by molar-refractivity contribution is 0.0618. The zero-order chi connectivity index (χ0) is 23.6. The van der Waals surface area contributed by atoms with E-state index in [4.69, 9.17) is 21.1 Å². The lowest BCUT2D eigenvalue weighted by Gasteiger charge is -2.35. The molecule has 1 saturated heterocycles. The van der Waals surface area contributed by atoms with Gasteiger partial charge in [-0.25, -0.2) is 4.39 Å². The lowest BCUT2D eigenvalue weighted by Crippen LogP contribution is -2.40. The molecule has 0 aromatic heterocycles. The number of ether oxygens (including phenoxy) is 2. The van der Waals surface area contributed by atoms with Crippen molar-refractivity contribution in [3.63, 3.8) is 0 Å². The molecule has 2 atom stereocenters. The average molecular weight is 466 g/mol. The van der Waals surface area contributed by atoms with Crippen LogP contribution in [0.3, 0.4) is 0 Å². The van der Waals surface area contributed by atoms with E-state index < -0.39 is 41.6 Å². The number of benzene rings is 2. The zero-order valence-electron chi connectivity index (χ0n) is 18.0. The molecule has 1 heterocycles. The van der Waals surface area contributed by atoms with Crippen molar-refractivity contribution in [3.8, 4) is 17.2 Å². The summed E-state index contributed by atoms with van der Waals surface area (Å²) in [7, 11) is 4.63. The summed E-state index contributed by atoms with van der Waals surface area (Å²) in [5.74, 6) is -2.48. The quantitative estimate of drug-likeness (QED) is 0.477. The summed E-state index contributed by atoms with van der Waals surface area (Å²) in [5.41, 5.74) is 0.116. The first-order valence-electron chi connectivity index (χ1n) is 10.0. The summed E-state index contributed by atoms with van der Waals surface area (Å²) in [4.78, 5) is 27.7. The molecule has 2 aromatic carbocycles. The Morgan fingerprint density at radius 2 is 1.88 bits per heavy atom. The van der Waals surface area contributed by atoms with Gasteiger partial charge < -0.3 is 24.6 Å². The highest BCUT2D eigenvalue weighted by Crippen LogP contribution is 2.46. The minimum Gasteiger partial charge on any atom is -0.507 e. The second-order valence-electron chi connectivity index (χ2n) is 7.79. The third-order valence-electron chi connectivity index (χ3n) is 5.69. The number of aromatic hydroxyl groups is 1. The highest BCUT2D eigenvalue weighted by Gasteiger charge is 2.35. The van der Waals surface area contributed by atoms with E-state index in [-0.39, 0.29) is 27.6 Å². The molecule has 0 bridgehead atoms. The van der Waals surface area contributed by atoms with Crippen LogP contribution in [-0.2, 0) is 0 Å². The Hall–Kier alpha value is -2.68. The number of carbonyl (C=O) groups is 2.